The zero-order valence-electron chi connectivity index (χ0n) is 19.9. The van der Waals surface area contributed by atoms with Gasteiger partial charge in [0.05, 0.1) is 6.54 Å². The van der Waals surface area contributed by atoms with Gasteiger partial charge in [0.1, 0.15) is 5.52 Å². The van der Waals surface area contributed by atoms with E-state index in [0.717, 1.165) is 23.7 Å². The minimum atomic E-state index is -0.0786. The van der Waals surface area contributed by atoms with Crippen LogP contribution in [0.15, 0.2) is 51.8 Å². The summed E-state index contributed by atoms with van der Waals surface area (Å²) in [5.74, 6) is 0.625. The van der Waals surface area contributed by atoms with Gasteiger partial charge in [-0.2, -0.15) is 0 Å². The average molecular weight is 482 g/mol. The Balaban J connectivity index is 1.33. The number of carbonyl (C=O) groups excluding carboxylic acids is 2. The summed E-state index contributed by atoms with van der Waals surface area (Å²) in [5.41, 5.74) is 2.80. The summed E-state index contributed by atoms with van der Waals surface area (Å²) < 4.78 is 5.92. The van der Waals surface area contributed by atoms with E-state index < -0.39 is 0 Å². The summed E-state index contributed by atoms with van der Waals surface area (Å²) in [6.45, 7) is 8.61. The molecule has 0 unspecified atom stereocenters. The molecule has 1 aliphatic heterocycles. The van der Waals surface area contributed by atoms with Crippen molar-refractivity contribution in [3.8, 4) is 0 Å². The van der Waals surface area contributed by atoms with Crippen LogP contribution in [-0.4, -0.2) is 77.1 Å². The number of nitrogens with zero attached hydrogens (tertiary/aromatic N) is 4. The highest BCUT2D eigenvalue weighted by Gasteiger charge is 2.23. The first-order chi connectivity index (χ1) is 16.5. The molecular formula is C25H31N5O3S. The maximum atomic E-state index is 12.7. The van der Waals surface area contributed by atoms with E-state index in [-0.39, 0.29) is 11.9 Å². The standard InChI is InChI=1S/C25H31N5O3S/c1-4-29(5-2)24(31)18-9-10-22-21(15-18)27-23(33-22)17-28-11-13-30(14-12-28)25(32)26-19-7-6-8-20(16-19)34-3/h6-10,15-16H,4-5,11-14,17H2,1-3H3,(H,26,32). The van der Waals surface area contributed by atoms with Gasteiger partial charge in [-0.1, -0.05) is 6.07 Å². The van der Waals surface area contributed by atoms with Crippen LogP contribution in [0.3, 0.4) is 0 Å². The summed E-state index contributed by atoms with van der Waals surface area (Å²) in [6.07, 6.45) is 2.02. The number of carbonyl (C=O) groups is 2. The number of oxazole rings is 1. The van der Waals surface area contributed by atoms with Gasteiger partial charge in [-0.3, -0.25) is 9.69 Å². The van der Waals surface area contributed by atoms with Gasteiger partial charge < -0.3 is 19.5 Å². The van der Waals surface area contributed by atoms with Gasteiger partial charge in [0.2, 0.25) is 5.89 Å². The fraction of sp³-hybridized carbons (Fsp3) is 0.400. The molecule has 0 radical (unpaired) electrons. The number of nitrogens with one attached hydrogen (secondary N) is 1. The minimum absolute atomic E-state index is 0.00558. The third-order valence-corrected chi connectivity index (χ3v) is 6.79. The van der Waals surface area contributed by atoms with E-state index in [1.807, 2.05) is 55.3 Å². The molecular weight excluding hydrogens is 450 g/mol. The van der Waals surface area contributed by atoms with Crippen molar-refractivity contribution in [2.45, 2.75) is 25.3 Å². The van der Waals surface area contributed by atoms with Crippen molar-refractivity contribution in [3.63, 3.8) is 0 Å². The largest absolute Gasteiger partial charge is 0.439 e. The van der Waals surface area contributed by atoms with E-state index in [4.69, 9.17) is 4.42 Å². The van der Waals surface area contributed by atoms with E-state index in [1.165, 1.54) is 0 Å². The summed E-state index contributed by atoms with van der Waals surface area (Å²) in [5, 5.41) is 2.99. The van der Waals surface area contributed by atoms with E-state index in [2.05, 4.69) is 15.2 Å². The van der Waals surface area contributed by atoms with Crippen molar-refractivity contribution in [1.82, 2.24) is 19.7 Å². The maximum absolute atomic E-state index is 12.7. The second-order valence-corrected chi connectivity index (χ2v) is 9.07. The predicted octanol–water partition coefficient (Wildman–Crippen LogP) is 4.38. The minimum Gasteiger partial charge on any atom is -0.439 e. The van der Waals surface area contributed by atoms with Crippen LogP contribution in [0.25, 0.3) is 11.1 Å². The summed E-state index contributed by atoms with van der Waals surface area (Å²) in [4.78, 5) is 36.9. The number of anilines is 1. The van der Waals surface area contributed by atoms with Crippen LogP contribution >= 0.6 is 11.8 Å². The van der Waals surface area contributed by atoms with Crippen LogP contribution in [0, 0.1) is 0 Å². The van der Waals surface area contributed by atoms with Crippen LogP contribution in [0.1, 0.15) is 30.1 Å². The lowest BCUT2D eigenvalue weighted by atomic mass is 10.2. The molecule has 0 saturated carbocycles. The van der Waals surface area contributed by atoms with Crippen LogP contribution in [0.2, 0.25) is 0 Å². The van der Waals surface area contributed by atoms with Crippen LogP contribution in [0.5, 0.6) is 0 Å². The Morgan fingerprint density at radius 1 is 1.09 bits per heavy atom. The van der Waals surface area contributed by atoms with Crippen molar-refractivity contribution in [2.75, 3.05) is 50.8 Å². The molecule has 1 saturated heterocycles. The normalized spacial score (nSPS) is 14.4. The molecule has 2 aromatic carbocycles. The van der Waals surface area contributed by atoms with Crippen molar-refractivity contribution < 1.29 is 14.0 Å². The predicted molar refractivity (Wildman–Crippen MR) is 135 cm³/mol. The number of amides is 3. The first kappa shape index (κ1) is 24.1. The van der Waals surface area contributed by atoms with Gasteiger partial charge in [-0.15, -0.1) is 11.8 Å². The van der Waals surface area contributed by atoms with Crippen molar-refractivity contribution in [2.24, 2.45) is 0 Å². The van der Waals surface area contributed by atoms with Crippen LogP contribution in [-0.2, 0) is 6.54 Å². The van der Waals surface area contributed by atoms with Crippen LogP contribution in [0.4, 0.5) is 10.5 Å². The van der Waals surface area contributed by atoms with Crippen molar-refractivity contribution in [1.29, 1.82) is 0 Å². The Hall–Kier alpha value is -3.04. The lowest BCUT2D eigenvalue weighted by Gasteiger charge is -2.34. The molecule has 180 valence electrons. The van der Waals surface area contributed by atoms with E-state index >= 15 is 0 Å². The number of fused-ring (bicyclic) bond motifs is 1. The second-order valence-electron chi connectivity index (χ2n) is 8.19. The van der Waals surface area contributed by atoms with Crippen LogP contribution < -0.4 is 5.32 Å². The first-order valence-corrected chi connectivity index (χ1v) is 12.8. The fourth-order valence-electron chi connectivity index (χ4n) is 4.07. The van der Waals surface area contributed by atoms with Gasteiger partial charge in [0.25, 0.3) is 5.91 Å². The van der Waals surface area contributed by atoms with Gasteiger partial charge in [-0.05, 0) is 56.5 Å². The number of aromatic nitrogens is 1. The molecule has 3 aromatic rings. The molecule has 0 atom stereocenters. The van der Waals surface area contributed by atoms with Gasteiger partial charge in [0.15, 0.2) is 5.58 Å². The molecule has 1 fully saturated rings. The number of hydrogen-bond acceptors (Lipinski definition) is 6. The quantitative estimate of drug-likeness (QED) is 0.505. The Bertz CT molecular complexity index is 1150. The highest BCUT2D eigenvalue weighted by Crippen LogP contribution is 2.21. The SMILES string of the molecule is CCN(CC)C(=O)c1ccc2oc(CN3CCN(C(=O)Nc4cccc(SC)c4)CC3)nc2c1. The summed E-state index contributed by atoms with van der Waals surface area (Å²) in [6, 6.07) is 13.2. The molecule has 0 aliphatic carbocycles. The lowest BCUT2D eigenvalue weighted by molar-refractivity contribution is 0.0773. The van der Waals surface area contributed by atoms with E-state index in [0.29, 0.717) is 55.3 Å². The zero-order chi connectivity index (χ0) is 24.1. The maximum Gasteiger partial charge on any atom is 0.321 e. The smallest absolute Gasteiger partial charge is 0.321 e. The van der Waals surface area contributed by atoms with Gasteiger partial charge in [0, 0.05) is 55.4 Å². The molecule has 1 N–H and O–H groups in total. The Morgan fingerprint density at radius 3 is 2.56 bits per heavy atom. The highest BCUT2D eigenvalue weighted by atomic mass is 32.2. The average Bonchev–Trinajstić information content (AvgIpc) is 3.26. The topological polar surface area (TPSA) is 81.9 Å². The Morgan fingerprint density at radius 2 is 1.85 bits per heavy atom. The fourth-order valence-corrected chi connectivity index (χ4v) is 4.53. The molecule has 2 heterocycles. The lowest BCUT2D eigenvalue weighted by Crippen LogP contribution is -2.49. The Labute approximate surface area is 204 Å². The highest BCUT2D eigenvalue weighted by molar-refractivity contribution is 7.98. The molecule has 1 aliphatic rings. The monoisotopic (exact) mass is 481 g/mol. The number of benzene rings is 2. The summed E-state index contributed by atoms with van der Waals surface area (Å²) in [7, 11) is 0. The molecule has 0 spiro atoms. The molecule has 34 heavy (non-hydrogen) atoms. The van der Waals surface area contributed by atoms with E-state index in [9.17, 15) is 9.59 Å². The van der Waals surface area contributed by atoms with Gasteiger partial charge >= 0.3 is 6.03 Å². The number of rotatable bonds is 7. The molecule has 8 nitrogen and oxygen atoms in total. The summed E-state index contributed by atoms with van der Waals surface area (Å²) >= 11 is 1.65. The molecule has 1 aromatic heterocycles. The first-order valence-electron chi connectivity index (χ1n) is 11.6. The molecule has 4 rings (SSSR count). The van der Waals surface area contributed by atoms with Crippen molar-refractivity contribution >= 4 is 40.5 Å². The molecule has 0 bridgehead atoms. The number of thioether (sulfide) groups is 1. The zero-order valence-corrected chi connectivity index (χ0v) is 20.7. The number of hydrogen-bond donors (Lipinski definition) is 1. The second kappa shape index (κ2) is 10.9. The molecule has 3 amide bonds. The number of piperazine rings is 1. The van der Waals surface area contributed by atoms with Gasteiger partial charge in [-0.25, -0.2) is 9.78 Å². The van der Waals surface area contributed by atoms with Crippen molar-refractivity contribution in [3.05, 3.63) is 53.9 Å². The number of urea groups is 1. The van der Waals surface area contributed by atoms with E-state index in [1.54, 1.807) is 28.8 Å². The third kappa shape index (κ3) is 5.53. The molecule has 9 heteroatoms. The Kier molecular flexibility index (Phi) is 7.74. The third-order valence-electron chi connectivity index (χ3n) is 6.07.